The molecule has 26 heavy (non-hydrogen) atoms. The number of hydrogen-bond donors (Lipinski definition) is 0. The number of ether oxygens (including phenoxy) is 2. The van der Waals surface area contributed by atoms with Crippen LogP contribution in [0.2, 0.25) is 0 Å². The highest BCUT2D eigenvalue weighted by Crippen LogP contribution is 2.17. The van der Waals surface area contributed by atoms with Crippen LogP contribution < -0.4 is 4.74 Å². The van der Waals surface area contributed by atoms with Gasteiger partial charge in [-0.15, -0.1) is 0 Å². The van der Waals surface area contributed by atoms with Crippen molar-refractivity contribution >= 4 is 11.9 Å². The van der Waals surface area contributed by atoms with Gasteiger partial charge in [0, 0.05) is 18.7 Å². The quantitative estimate of drug-likeness (QED) is 0.434. The second-order valence-corrected chi connectivity index (χ2v) is 6.93. The molecule has 0 aliphatic carbocycles. The van der Waals surface area contributed by atoms with Gasteiger partial charge in [0.25, 0.3) is 5.91 Å². The van der Waals surface area contributed by atoms with Gasteiger partial charge in [-0.2, -0.15) is 0 Å². The Bertz CT molecular complexity index is 554. The number of carbonyl (C=O) groups excluding carboxylic acids is 2. The maximum Gasteiger partial charge on any atom is 0.310 e. The Morgan fingerprint density at radius 2 is 1.69 bits per heavy atom. The van der Waals surface area contributed by atoms with Gasteiger partial charge < -0.3 is 14.4 Å². The van der Waals surface area contributed by atoms with E-state index in [1.165, 1.54) is 7.11 Å². The van der Waals surface area contributed by atoms with E-state index >= 15 is 0 Å². The van der Waals surface area contributed by atoms with Crippen LogP contribution in [-0.2, 0) is 9.53 Å². The smallest absolute Gasteiger partial charge is 0.310 e. The van der Waals surface area contributed by atoms with Crippen LogP contribution in [0.25, 0.3) is 0 Å². The third kappa shape index (κ3) is 7.46. The van der Waals surface area contributed by atoms with Crippen LogP contribution in [0.4, 0.5) is 0 Å². The number of amides is 1. The van der Waals surface area contributed by atoms with Gasteiger partial charge in [0.15, 0.2) is 0 Å². The summed E-state index contributed by atoms with van der Waals surface area (Å²) in [5.74, 6) is 0.0398. The Morgan fingerprint density at radius 3 is 2.23 bits per heavy atom. The number of esters is 1. The van der Waals surface area contributed by atoms with Crippen LogP contribution in [0, 0.1) is 5.92 Å². The van der Waals surface area contributed by atoms with E-state index in [-0.39, 0.29) is 23.9 Å². The number of nitrogens with zero attached hydrogens (tertiary/aromatic N) is 1. The minimum absolute atomic E-state index is 0.0617. The molecule has 0 N–H and O–H groups in total. The molecule has 0 aliphatic heterocycles. The van der Waals surface area contributed by atoms with Gasteiger partial charge in [-0.3, -0.25) is 9.59 Å². The summed E-state index contributed by atoms with van der Waals surface area (Å²) in [4.78, 5) is 26.4. The fraction of sp³-hybridized carbons (Fsp3) is 0.619. The summed E-state index contributed by atoms with van der Waals surface area (Å²) in [6, 6.07) is 7.18. The molecular formula is C21H33NO4. The summed E-state index contributed by atoms with van der Waals surface area (Å²) in [7, 11) is 1.37. The molecule has 5 nitrogen and oxygen atoms in total. The van der Waals surface area contributed by atoms with E-state index in [1.807, 2.05) is 26.0 Å². The van der Waals surface area contributed by atoms with Crippen molar-refractivity contribution in [3.05, 3.63) is 29.8 Å². The van der Waals surface area contributed by atoms with Crippen LogP contribution in [0.15, 0.2) is 24.3 Å². The van der Waals surface area contributed by atoms with Gasteiger partial charge in [0.1, 0.15) is 5.75 Å². The minimum atomic E-state index is -0.348. The molecule has 1 aromatic carbocycles. The van der Waals surface area contributed by atoms with Crippen molar-refractivity contribution in [1.82, 2.24) is 4.90 Å². The molecule has 1 amide bonds. The van der Waals surface area contributed by atoms with Crippen molar-refractivity contribution in [1.29, 1.82) is 0 Å². The number of rotatable bonds is 11. The topological polar surface area (TPSA) is 55.8 Å². The lowest BCUT2D eigenvalue weighted by molar-refractivity contribution is -0.145. The second kappa shape index (κ2) is 11.6. The van der Waals surface area contributed by atoms with E-state index in [1.54, 1.807) is 24.0 Å². The SMILES string of the molecule is CCCCCCN(CC(C)C(=O)OC)C(=O)c1ccc(OC(C)C)cc1. The van der Waals surface area contributed by atoms with Crippen molar-refractivity contribution < 1.29 is 19.1 Å². The number of hydrogen-bond acceptors (Lipinski definition) is 4. The largest absolute Gasteiger partial charge is 0.491 e. The van der Waals surface area contributed by atoms with Crippen LogP contribution in [0.3, 0.4) is 0 Å². The molecule has 0 fully saturated rings. The number of methoxy groups -OCH3 is 1. The first-order chi connectivity index (χ1) is 12.4. The monoisotopic (exact) mass is 363 g/mol. The molecular weight excluding hydrogens is 330 g/mol. The highest BCUT2D eigenvalue weighted by molar-refractivity contribution is 5.94. The molecule has 1 rings (SSSR count). The van der Waals surface area contributed by atoms with E-state index in [0.717, 1.165) is 31.4 Å². The molecule has 0 heterocycles. The predicted molar refractivity (Wildman–Crippen MR) is 103 cm³/mol. The van der Waals surface area contributed by atoms with Gasteiger partial charge in [-0.25, -0.2) is 0 Å². The molecule has 146 valence electrons. The van der Waals surface area contributed by atoms with E-state index in [9.17, 15) is 9.59 Å². The van der Waals surface area contributed by atoms with Gasteiger partial charge in [-0.1, -0.05) is 33.1 Å². The van der Waals surface area contributed by atoms with Crippen LogP contribution in [-0.4, -0.2) is 43.1 Å². The molecule has 1 aromatic rings. The average Bonchev–Trinajstić information content (AvgIpc) is 2.62. The highest BCUT2D eigenvalue weighted by atomic mass is 16.5. The van der Waals surface area contributed by atoms with Crippen LogP contribution >= 0.6 is 0 Å². The number of benzene rings is 1. The first kappa shape index (κ1) is 22.0. The molecule has 0 radical (unpaired) electrons. The van der Waals surface area contributed by atoms with Gasteiger partial charge in [0.2, 0.25) is 0 Å². The van der Waals surface area contributed by atoms with Crippen molar-refractivity contribution in [2.24, 2.45) is 5.92 Å². The fourth-order valence-electron chi connectivity index (χ4n) is 2.74. The zero-order valence-corrected chi connectivity index (χ0v) is 16.8. The van der Waals surface area contributed by atoms with Crippen LogP contribution in [0.5, 0.6) is 5.75 Å². The van der Waals surface area contributed by atoms with Gasteiger partial charge in [-0.05, 0) is 44.5 Å². The van der Waals surface area contributed by atoms with Crippen molar-refractivity contribution in [3.8, 4) is 5.75 Å². The van der Waals surface area contributed by atoms with E-state index in [4.69, 9.17) is 9.47 Å². The lowest BCUT2D eigenvalue weighted by Crippen LogP contribution is -2.38. The standard InChI is InChI=1S/C21H33NO4/c1-6-7-8-9-14-22(15-17(4)21(24)25-5)20(23)18-10-12-19(13-11-18)26-16(2)3/h10-13,16-17H,6-9,14-15H2,1-5H3. The molecule has 0 saturated heterocycles. The Kier molecular flexibility index (Phi) is 9.78. The summed E-state index contributed by atoms with van der Waals surface area (Å²) < 4.78 is 10.4. The Hall–Kier alpha value is -2.04. The molecule has 0 aromatic heterocycles. The lowest BCUT2D eigenvalue weighted by Gasteiger charge is -2.25. The zero-order chi connectivity index (χ0) is 19.5. The molecule has 0 aliphatic rings. The molecule has 5 heteroatoms. The summed E-state index contributed by atoms with van der Waals surface area (Å²) >= 11 is 0. The highest BCUT2D eigenvalue weighted by Gasteiger charge is 2.22. The predicted octanol–water partition coefficient (Wildman–Crippen LogP) is 4.31. The summed E-state index contributed by atoms with van der Waals surface area (Å²) in [6.45, 7) is 8.88. The normalized spacial score (nSPS) is 11.9. The third-order valence-corrected chi connectivity index (χ3v) is 4.14. The van der Waals surface area contributed by atoms with E-state index < -0.39 is 0 Å². The number of carbonyl (C=O) groups is 2. The average molecular weight is 363 g/mol. The van der Waals surface area contributed by atoms with Crippen molar-refractivity contribution in [2.45, 2.75) is 59.5 Å². The van der Waals surface area contributed by atoms with Crippen molar-refractivity contribution in [2.75, 3.05) is 20.2 Å². The summed E-state index contributed by atoms with van der Waals surface area (Å²) in [5.41, 5.74) is 0.605. The molecule has 1 unspecified atom stereocenters. The second-order valence-electron chi connectivity index (χ2n) is 6.93. The zero-order valence-electron chi connectivity index (χ0n) is 16.8. The third-order valence-electron chi connectivity index (χ3n) is 4.14. The first-order valence-corrected chi connectivity index (χ1v) is 9.52. The maximum atomic E-state index is 12.9. The van der Waals surface area contributed by atoms with Crippen molar-refractivity contribution in [3.63, 3.8) is 0 Å². The van der Waals surface area contributed by atoms with Crippen LogP contribution in [0.1, 0.15) is 63.7 Å². The minimum Gasteiger partial charge on any atom is -0.491 e. The Morgan fingerprint density at radius 1 is 1.04 bits per heavy atom. The molecule has 0 bridgehead atoms. The van der Waals surface area contributed by atoms with E-state index in [0.29, 0.717) is 18.7 Å². The maximum absolute atomic E-state index is 12.9. The summed E-state index contributed by atoms with van der Waals surface area (Å²) in [6.07, 6.45) is 4.39. The van der Waals surface area contributed by atoms with Gasteiger partial charge >= 0.3 is 5.97 Å². The molecule has 1 atom stereocenters. The fourth-order valence-corrected chi connectivity index (χ4v) is 2.74. The number of unbranched alkanes of at least 4 members (excludes halogenated alkanes) is 3. The molecule has 0 spiro atoms. The first-order valence-electron chi connectivity index (χ1n) is 9.52. The van der Waals surface area contributed by atoms with E-state index in [2.05, 4.69) is 6.92 Å². The van der Waals surface area contributed by atoms with Gasteiger partial charge in [0.05, 0.1) is 19.1 Å². The lowest BCUT2D eigenvalue weighted by atomic mass is 10.1. The Balaban J connectivity index is 2.82. The summed E-state index contributed by atoms with van der Waals surface area (Å²) in [5, 5.41) is 0. The molecule has 0 saturated carbocycles. The Labute approximate surface area is 157 Å².